The first kappa shape index (κ1) is 13.1. The summed E-state index contributed by atoms with van der Waals surface area (Å²) >= 11 is 0. The first-order valence-electron chi connectivity index (χ1n) is 5.88. The number of amides is 1. The number of rotatable bonds is 4. The van der Waals surface area contributed by atoms with Crippen LogP contribution in [0.25, 0.3) is 0 Å². The molecule has 1 heterocycles. The van der Waals surface area contributed by atoms with E-state index in [0.29, 0.717) is 12.0 Å². The van der Waals surface area contributed by atoms with Gasteiger partial charge in [-0.05, 0) is 19.4 Å². The highest BCUT2D eigenvalue weighted by Gasteiger charge is 2.25. The lowest BCUT2D eigenvalue weighted by atomic mass is 10.1. The molecule has 0 fully saturated rings. The molecule has 19 heavy (non-hydrogen) atoms. The maximum atomic E-state index is 11.9. The summed E-state index contributed by atoms with van der Waals surface area (Å²) < 4.78 is 0. The molecule has 6 nitrogen and oxygen atoms in total. The Labute approximate surface area is 109 Å². The van der Waals surface area contributed by atoms with E-state index in [4.69, 9.17) is 5.11 Å². The number of aliphatic carboxylic acids is 1. The van der Waals surface area contributed by atoms with Crippen LogP contribution in [0.4, 0.5) is 0 Å². The average molecular weight is 262 g/mol. The number of aromatic nitrogens is 1. The van der Waals surface area contributed by atoms with Crippen molar-refractivity contribution >= 4 is 17.7 Å². The molecular weight excluding hydrogens is 248 g/mol. The van der Waals surface area contributed by atoms with E-state index in [9.17, 15) is 14.4 Å². The van der Waals surface area contributed by atoms with E-state index >= 15 is 0 Å². The van der Waals surface area contributed by atoms with Crippen LogP contribution in [0, 0.1) is 5.92 Å². The molecule has 3 N–H and O–H groups in total. The van der Waals surface area contributed by atoms with Crippen LogP contribution in [-0.4, -0.2) is 33.8 Å². The second-order valence-electron chi connectivity index (χ2n) is 4.50. The third-order valence-corrected chi connectivity index (χ3v) is 3.05. The number of H-pyrrole nitrogens is 1. The molecule has 0 aromatic carbocycles. The summed E-state index contributed by atoms with van der Waals surface area (Å²) in [7, 11) is 0. The molecule has 1 aromatic heterocycles. The lowest BCUT2D eigenvalue weighted by molar-refractivity contribution is -0.140. The maximum Gasteiger partial charge on any atom is 0.310 e. The van der Waals surface area contributed by atoms with Crippen molar-refractivity contribution in [3.05, 3.63) is 35.7 Å². The quantitative estimate of drug-likeness (QED) is 0.556. The highest BCUT2D eigenvalue weighted by atomic mass is 16.4. The number of carboxylic acids is 1. The molecule has 2 rings (SSSR count). The standard InChI is InChI=1S/C13H14N2O4/c1-7(16)9-5-11(14-6-9)12(17)15-10-3-2-8(4-10)13(18)19/h2-3,5-6,8,10,14H,4H2,1H3,(H,15,17)(H,18,19). The predicted molar refractivity (Wildman–Crippen MR) is 66.9 cm³/mol. The zero-order valence-electron chi connectivity index (χ0n) is 10.3. The molecule has 0 saturated heterocycles. The van der Waals surface area contributed by atoms with E-state index < -0.39 is 11.9 Å². The van der Waals surface area contributed by atoms with Gasteiger partial charge in [0, 0.05) is 17.8 Å². The molecule has 2 unspecified atom stereocenters. The minimum Gasteiger partial charge on any atom is -0.481 e. The summed E-state index contributed by atoms with van der Waals surface area (Å²) in [4.78, 5) is 36.5. The molecule has 0 spiro atoms. The van der Waals surface area contributed by atoms with Gasteiger partial charge in [-0.1, -0.05) is 12.2 Å². The van der Waals surface area contributed by atoms with Gasteiger partial charge in [-0.3, -0.25) is 14.4 Å². The van der Waals surface area contributed by atoms with Crippen molar-refractivity contribution in [3.63, 3.8) is 0 Å². The van der Waals surface area contributed by atoms with Crippen molar-refractivity contribution < 1.29 is 19.5 Å². The van der Waals surface area contributed by atoms with Gasteiger partial charge in [0.2, 0.25) is 0 Å². The molecule has 0 radical (unpaired) electrons. The number of aromatic amines is 1. The monoisotopic (exact) mass is 262 g/mol. The summed E-state index contributed by atoms with van der Waals surface area (Å²) in [5.74, 6) is -1.93. The van der Waals surface area contributed by atoms with Gasteiger partial charge < -0.3 is 15.4 Å². The van der Waals surface area contributed by atoms with E-state index in [1.807, 2.05) is 0 Å². The number of carboxylic acid groups (broad SMARTS) is 1. The largest absolute Gasteiger partial charge is 0.481 e. The summed E-state index contributed by atoms with van der Waals surface area (Å²) in [5, 5.41) is 11.5. The molecule has 1 aromatic rings. The maximum absolute atomic E-state index is 11.9. The normalized spacial score (nSPS) is 21.3. The molecule has 1 amide bonds. The van der Waals surface area contributed by atoms with Gasteiger partial charge in [0.15, 0.2) is 5.78 Å². The van der Waals surface area contributed by atoms with Crippen molar-refractivity contribution in [1.82, 2.24) is 10.3 Å². The van der Waals surface area contributed by atoms with Crippen molar-refractivity contribution in [2.45, 2.75) is 19.4 Å². The minimum atomic E-state index is -0.897. The topological polar surface area (TPSA) is 99.3 Å². The number of Topliss-reactive ketones (excluding diaryl/α,β-unsaturated/α-hetero) is 1. The fourth-order valence-electron chi connectivity index (χ4n) is 1.96. The molecule has 100 valence electrons. The SMILES string of the molecule is CC(=O)c1c[nH]c(C(=O)NC2C=CC(C(=O)O)C2)c1. The van der Waals surface area contributed by atoms with Crippen LogP contribution in [0.15, 0.2) is 24.4 Å². The van der Waals surface area contributed by atoms with E-state index in [1.165, 1.54) is 19.2 Å². The summed E-state index contributed by atoms with van der Waals surface area (Å²) in [6.45, 7) is 1.42. The Hall–Kier alpha value is -2.37. The van der Waals surface area contributed by atoms with Crippen molar-refractivity contribution in [2.24, 2.45) is 5.92 Å². The van der Waals surface area contributed by atoms with Gasteiger partial charge >= 0.3 is 5.97 Å². The van der Waals surface area contributed by atoms with Crippen LogP contribution >= 0.6 is 0 Å². The Morgan fingerprint density at radius 3 is 2.63 bits per heavy atom. The first-order chi connectivity index (χ1) is 8.97. The summed E-state index contributed by atoms with van der Waals surface area (Å²) in [6, 6.07) is 1.18. The molecular formula is C13H14N2O4. The lowest BCUT2D eigenvalue weighted by Crippen LogP contribution is -2.33. The molecule has 0 saturated carbocycles. The van der Waals surface area contributed by atoms with Crippen LogP contribution in [0.1, 0.15) is 34.2 Å². The van der Waals surface area contributed by atoms with Crippen LogP contribution in [0.3, 0.4) is 0 Å². The van der Waals surface area contributed by atoms with Crippen molar-refractivity contribution in [2.75, 3.05) is 0 Å². The summed E-state index contributed by atoms with van der Waals surface area (Å²) in [5.41, 5.74) is 0.730. The molecule has 2 atom stereocenters. The van der Waals surface area contributed by atoms with Crippen LogP contribution in [0.2, 0.25) is 0 Å². The third kappa shape index (κ3) is 2.90. The second kappa shape index (κ2) is 5.09. The first-order valence-corrected chi connectivity index (χ1v) is 5.88. The fraction of sp³-hybridized carbons (Fsp3) is 0.308. The highest BCUT2D eigenvalue weighted by molar-refractivity contribution is 5.99. The molecule has 6 heteroatoms. The number of carbonyl (C=O) groups is 3. The predicted octanol–water partition coefficient (Wildman–Crippen LogP) is 0.976. The Bertz CT molecular complexity index is 559. The zero-order valence-corrected chi connectivity index (χ0v) is 10.3. The smallest absolute Gasteiger partial charge is 0.310 e. The fourth-order valence-corrected chi connectivity index (χ4v) is 1.96. The lowest BCUT2D eigenvalue weighted by Gasteiger charge is -2.11. The Balaban J connectivity index is 1.96. The van der Waals surface area contributed by atoms with Gasteiger partial charge in [0.05, 0.1) is 5.92 Å². The Kier molecular flexibility index (Phi) is 3.50. The second-order valence-corrected chi connectivity index (χ2v) is 4.50. The number of hydrogen-bond donors (Lipinski definition) is 3. The molecule has 1 aliphatic carbocycles. The zero-order chi connectivity index (χ0) is 14.0. The molecule has 1 aliphatic rings. The van der Waals surface area contributed by atoms with Gasteiger partial charge in [-0.25, -0.2) is 0 Å². The highest BCUT2D eigenvalue weighted by Crippen LogP contribution is 2.18. The minimum absolute atomic E-state index is 0.123. The average Bonchev–Trinajstić information content (AvgIpc) is 2.96. The van der Waals surface area contributed by atoms with Gasteiger partial charge in [-0.15, -0.1) is 0 Å². The Morgan fingerprint density at radius 1 is 1.37 bits per heavy atom. The van der Waals surface area contributed by atoms with E-state index in [0.717, 1.165) is 0 Å². The summed E-state index contributed by atoms with van der Waals surface area (Å²) in [6.07, 6.45) is 5.07. The number of ketones is 1. The van der Waals surface area contributed by atoms with Crippen LogP contribution in [-0.2, 0) is 4.79 Å². The molecule has 0 aliphatic heterocycles. The number of nitrogens with one attached hydrogen (secondary N) is 2. The van der Waals surface area contributed by atoms with E-state index in [-0.39, 0.29) is 23.4 Å². The van der Waals surface area contributed by atoms with Crippen LogP contribution in [0.5, 0.6) is 0 Å². The van der Waals surface area contributed by atoms with Gasteiger partial charge in [0.25, 0.3) is 5.91 Å². The van der Waals surface area contributed by atoms with Gasteiger partial charge in [-0.2, -0.15) is 0 Å². The number of carbonyl (C=O) groups excluding carboxylic acids is 2. The van der Waals surface area contributed by atoms with E-state index in [2.05, 4.69) is 10.3 Å². The van der Waals surface area contributed by atoms with Gasteiger partial charge in [0.1, 0.15) is 5.69 Å². The molecule has 0 bridgehead atoms. The number of hydrogen-bond acceptors (Lipinski definition) is 3. The van der Waals surface area contributed by atoms with Crippen molar-refractivity contribution in [3.8, 4) is 0 Å². The van der Waals surface area contributed by atoms with Crippen LogP contribution < -0.4 is 5.32 Å². The third-order valence-electron chi connectivity index (χ3n) is 3.05. The van der Waals surface area contributed by atoms with E-state index in [1.54, 1.807) is 12.2 Å². The van der Waals surface area contributed by atoms with Crippen molar-refractivity contribution in [1.29, 1.82) is 0 Å². The Morgan fingerprint density at radius 2 is 2.11 bits per heavy atom.